The molecule has 0 saturated heterocycles. The quantitative estimate of drug-likeness (QED) is 0.480. The van der Waals surface area contributed by atoms with Gasteiger partial charge >= 0.3 is 0 Å². The van der Waals surface area contributed by atoms with E-state index in [0.717, 1.165) is 37.0 Å². The van der Waals surface area contributed by atoms with Crippen LogP contribution in [0.1, 0.15) is 91.4 Å². The third-order valence-corrected chi connectivity index (χ3v) is 11.8. The first-order valence-corrected chi connectivity index (χ1v) is 14.3. The first-order chi connectivity index (χ1) is 16.6. The Kier molecular flexibility index (Phi) is 6.83. The maximum Gasteiger partial charge on any atom is 0.226 e. The Morgan fingerprint density at radius 1 is 1.06 bits per heavy atom. The summed E-state index contributed by atoms with van der Waals surface area (Å²) in [5.41, 5.74) is 1.19. The lowest BCUT2D eigenvalue weighted by Crippen LogP contribution is -2.54. The fourth-order valence-electron chi connectivity index (χ4n) is 9.79. The van der Waals surface area contributed by atoms with E-state index < -0.39 is 0 Å². The third-order valence-electron chi connectivity index (χ3n) is 11.8. The number of halogens is 1. The topological polar surface area (TPSA) is 40.5 Å². The second-order valence-electron chi connectivity index (χ2n) is 13.2. The number of amides is 1. The number of benzene rings is 1. The number of para-hydroxylation sites is 1. The van der Waals surface area contributed by atoms with Crippen LogP contribution in [0.5, 0.6) is 0 Å². The van der Waals surface area contributed by atoms with Gasteiger partial charge in [0.1, 0.15) is 5.82 Å². The molecule has 0 aliphatic heterocycles. The zero-order valence-corrected chi connectivity index (χ0v) is 22.3. The van der Waals surface area contributed by atoms with Crippen LogP contribution >= 0.6 is 0 Å². The highest BCUT2D eigenvalue weighted by Gasteiger charge is 2.60. The van der Waals surface area contributed by atoms with Crippen molar-refractivity contribution in [2.45, 2.75) is 97.5 Å². The Morgan fingerprint density at radius 2 is 1.77 bits per heavy atom. The summed E-state index contributed by atoms with van der Waals surface area (Å²) in [4.78, 5) is 14.4. The normalized spacial score (nSPS) is 41.4. The maximum atomic E-state index is 14.2. The van der Waals surface area contributed by atoms with Crippen molar-refractivity contribution in [2.24, 2.45) is 46.3 Å². The predicted octanol–water partition coefficient (Wildman–Crippen LogP) is 7.22. The lowest BCUT2D eigenvalue weighted by atomic mass is 9.44. The smallest absolute Gasteiger partial charge is 0.226 e. The fraction of sp³-hybridized carbons (Fsp3) is 0.774. The van der Waals surface area contributed by atoms with Crippen LogP contribution in [0, 0.1) is 52.2 Å². The van der Waals surface area contributed by atoms with E-state index >= 15 is 0 Å². The third kappa shape index (κ3) is 4.26. The Hall–Kier alpha value is -1.42. The lowest BCUT2D eigenvalue weighted by Gasteiger charge is -2.61. The first-order valence-electron chi connectivity index (χ1n) is 14.3. The second-order valence-corrected chi connectivity index (χ2v) is 13.2. The molecule has 3 nitrogen and oxygen atoms in total. The summed E-state index contributed by atoms with van der Waals surface area (Å²) in [7, 11) is 1.70. The predicted molar refractivity (Wildman–Crippen MR) is 139 cm³/mol. The molecule has 194 valence electrons. The second kappa shape index (κ2) is 9.47. The standard InChI is InChI=1S/C31H46FNO2/c1-20(9-14-29(35)33(4)28-8-6-5-7-27(28)32)24-12-13-25-23-11-10-21-19-22(34)15-17-30(21,2)26(23)16-18-31(24,25)3/h5-8,20-26,34H,9-19H2,1-4H3/t20-,21+,22+,23+,24-,25+,26+,30+,31-/m1/s1. The van der Waals surface area contributed by atoms with Crippen LogP contribution < -0.4 is 4.90 Å². The first kappa shape index (κ1) is 25.2. The molecule has 1 aromatic carbocycles. The van der Waals surface area contributed by atoms with Crippen LogP contribution in [0.2, 0.25) is 0 Å². The molecule has 4 saturated carbocycles. The number of aliphatic hydroxyl groups is 1. The van der Waals surface area contributed by atoms with Gasteiger partial charge in [-0.25, -0.2) is 4.39 Å². The van der Waals surface area contributed by atoms with E-state index in [2.05, 4.69) is 20.8 Å². The van der Waals surface area contributed by atoms with E-state index in [4.69, 9.17) is 0 Å². The number of aliphatic hydroxyl groups excluding tert-OH is 1. The molecule has 4 heteroatoms. The van der Waals surface area contributed by atoms with E-state index in [9.17, 15) is 14.3 Å². The van der Waals surface area contributed by atoms with Crippen LogP contribution in [-0.2, 0) is 4.79 Å². The number of rotatable bonds is 5. The largest absolute Gasteiger partial charge is 0.393 e. The molecule has 4 aliphatic rings. The summed E-state index contributed by atoms with van der Waals surface area (Å²) in [5, 5.41) is 10.3. The van der Waals surface area contributed by atoms with Gasteiger partial charge in [-0.3, -0.25) is 4.79 Å². The van der Waals surface area contributed by atoms with Crippen LogP contribution in [-0.4, -0.2) is 24.2 Å². The number of fused-ring (bicyclic) bond motifs is 5. The van der Waals surface area contributed by atoms with Crippen LogP contribution in [0.15, 0.2) is 24.3 Å². The molecule has 4 aliphatic carbocycles. The van der Waals surface area contributed by atoms with Gasteiger partial charge in [0.2, 0.25) is 5.91 Å². The SMILES string of the molecule is C[C@H](CCC(=O)N(C)c1ccccc1F)[C@H]1CC[C@H]2[C@@H]3CC[C@H]4C[C@@H](O)CC[C@]4(C)[C@H]3CC[C@]12C. The Morgan fingerprint density at radius 3 is 2.54 bits per heavy atom. The van der Waals surface area contributed by atoms with Gasteiger partial charge in [0.25, 0.3) is 0 Å². The average Bonchev–Trinajstić information content (AvgIpc) is 3.20. The van der Waals surface area contributed by atoms with Gasteiger partial charge in [0.05, 0.1) is 11.8 Å². The molecule has 1 amide bonds. The van der Waals surface area contributed by atoms with E-state index in [1.54, 1.807) is 25.2 Å². The van der Waals surface area contributed by atoms with Gasteiger partial charge in [-0.15, -0.1) is 0 Å². The number of hydrogen-bond acceptors (Lipinski definition) is 2. The van der Waals surface area contributed by atoms with Crippen molar-refractivity contribution in [3.63, 3.8) is 0 Å². The molecule has 0 bridgehead atoms. The highest BCUT2D eigenvalue weighted by molar-refractivity contribution is 5.92. The van der Waals surface area contributed by atoms with E-state index in [0.29, 0.717) is 40.7 Å². The number of anilines is 1. The summed E-state index contributed by atoms with van der Waals surface area (Å²) in [6.45, 7) is 7.51. The van der Waals surface area contributed by atoms with Gasteiger partial charge in [-0.05, 0) is 123 Å². The highest BCUT2D eigenvalue weighted by atomic mass is 19.1. The summed E-state index contributed by atoms with van der Waals surface area (Å²) < 4.78 is 14.2. The number of nitrogens with zero attached hydrogens (tertiary/aromatic N) is 1. The van der Waals surface area contributed by atoms with Crippen LogP contribution in [0.25, 0.3) is 0 Å². The fourth-order valence-corrected chi connectivity index (χ4v) is 9.79. The monoisotopic (exact) mass is 483 g/mol. The zero-order chi connectivity index (χ0) is 25.0. The van der Waals surface area contributed by atoms with Crippen molar-refractivity contribution >= 4 is 11.6 Å². The van der Waals surface area contributed by atoms with Gasteiger partial charge in [-0.1, -0.05) is 32.9 Å². The van der Waals surface area contributed by atoms with Crippen molar-refractivity contribution in [3.8, 4) is 0 Å². The van der Waals surface area contributed by atoms with Crippen LogP contribution in [0.3, 0.4) is 0 Å². The number of carbonyl (C=O) groups is 1. The van der Waals surface area contributed by atoms with Crippen LogP contribution in [0.4, 0.5) is 10.1 Å². The Labute approximate surface area is 211 Å². The molecule has 0 heterocycles. The van der Waals surface area contributed by atoms with Gasteiger partial charge < -0.3 is 10.0 Å². The molecule has 0 radical (unpaired) electrons. The van der Waals surface area contributed by atoms with Crippen molar-refractivity contribution < 1.29 is 14.3 Å². The highest BCUT2D eigenvalue weighted by Crippen LogP contribution is 2.68. The summed E-state index contributed by atoms with van der Waals surface area (Å²) in [6, 6.07) is 6.54. The molecule has 1 N–H and O–H groups in total. The van der Waals surface area contributed by atoms with Crippen molar-refractivity contribution in [3.05, 3.63) is 30.1 Å². The molecule has 5 rings (SSSR count). The number of hydrogen-bond donors (Lipinski definition) is 1. The Bertz CT molecular complexity index is 934. The average molecular weight is 484 g/mol. The minimum absolute atomic E-state index is 0.0103. The van der Waals surface area contributed by atoms with Crippen molar-refractivity contribution in [1.29, 1.82) is 0 Å². The van der Waals surface area contributed by atoms with E-state index in [1.165, 1.54) is 55.9 Å². The molecule has 0 aromatic heterocycles. The molecule has 9 atom stereocenters. The molecule has 1 aromatic rings. The van der Waals surface area contributed by atoms with Crippen molar-refractivity contribution in [2.75, 3.05) is 11.9 Å². The van der Waals surface area contributed by atoms with Gasteiger partial charge in [0, 0.05) is 13.5 Å². The minimum atomic E-state index is -0.338. The zero-order valence-electron chi connectivity index (χ0n) is 22.3. The molecule has 35 heavy (non-hydrogen) atoms. The molecule has 0 unspecified atom stereocenters. The Balaban J connectivity index is 1.23. The molecular formula is C31H46FNO2. The van der Waals surface area contributed by atoms with E-state index in [-0.39, 0.29) is 17.8 Å². The lowest BCUT2D eigenvalue weighted by molar-refractivity contribution is -0.129. The van der Waals surface area contributed by atoms with E-state index in [1.807, 2.05) is 0 Å². The number of carbonyl (C=O) groups excluding carboxylic acids is 1. The summed E-state index contributed by atoms with van der Waals surface area (Å²) in [5.74, 6) is 4.06. The minimum Gasteiger partial charge on any atom is -0.393 e. The molecule has 4 fully saturated rings. The molecular weight excluding hydrogens is 437 g/mol. The molecule has 0 spiro atoms. The van der Waals surface area contributed by atoms with Gasteiger partial charge in [0.15, 0.2) is 0 Å². The van der Waals surface area contributed by atoms with Gasteiger partial charge in [-0.2, -0.15) is 0 Å². The maximum absolute atomic E-state index is 14.2. The summed E-state index contributed by atoms with van der Waals surface area (Å²) in [6.07, 6.45) is 12.5. The van der Waals surface area contributed by atoms with Crippen molar-refractivity contribution in [1.82, 2.24) is 0 Å². The summed E-state index contributed by atoms with van der Waals surface area (Å²) >= 11 is 0.